The molecule has 0 aliphatic heterocycles. The fraction of sp³-hybridized carbons (Fsp3) is 0.588. The van der Waals surface area contributed by atoms with E-state index in [1.807, 2.05) is 26.0 Å². The molecule has 0 heterocycles. The number of primary amides is 1. The zero-order valence-corrected chi connectivity index (χ0v) is 14.5. The molecule has 1 aromatic carbocycles. The third-order valence-electron chi connectivity index (χ3n) is 4.38. The molecule has 1 aliphatic carbocycles. The summed E-state index contributed by atoms with van der Waals surface area (Å²) in [6.45, 7) is 3.83. The Kier molecular flexibility index (Phi) is 5.63. The Morgan fingerprint density at radius 2 is 2.00 bits per heavy atom. The molecule has 5 nitrogen and oxygen atoms in total. The fourth-order valence-corrected chi connectivity index (χ4v) is 3.59. The number of benzene rings is 1. The molecule has 0 atom stereocenters. The molecular formula is C17H26ClN3O2. The lowest BCUT2D eigenvalue weighted by Crippen LogP contribution is -2.35. The van der Waals surface area contributed by atoms with Crippen LogP contribution in [0.4, 0.5) is 16.2 Å². The molecule has 1 aromatic rings. The van der Waals surface area contributed by atoms with Crippen molar-refractivity contribution in [2.45, 2.75) is 57.6 Å². The summed E-state index contributed by atoms with van der Waals surface area (Å²) in [5.41, 5.74) is 12.2. The average molecular weight is 340 g/mol. The number of nitrogens with one attached hydrogen (secondary N) is 1. The second kappa shape index (κ2) is 7.30. The molecule has 0 bridgehead atoms. The second-order valence-electron chi connectivity index (χ2n) is 6.98. The van der Waals surface area contributed by atoms with Crippen LogP contribution in [0.5, 0.6) is 0 Å². The number of hydrogen-bond acceptors (Lipinski definition) is 4. The average Bonchev–Trinajstić information content (AvgIpc) is 2.42. The topological polar surface area (TPSA) is 90.4 Å². The van der Waals surface area contributed by atoms with Crippen molar-refractivity contribution in [2.75, 3.05) is 11.1 Å². The number of amides is 1. The Morgan fingerprint density at radius 3 is 2.57 bits per heavy atom. The molecule has 0 saturated heterocycles. The molecule has 128 valence electrons. The number of ether oxygens (including phenoxy) is 1. The van der Waals surface area contributed by atoms with Gasteiger partial charge in [0.15, 0.2) is 0 Å². The molecule has 0 unspecified atom stereocenters. The van der Waals surface area contributed by atoms with Crippen LogP contribution >= 0.6 is 11.6 Å². The number of carbonyl (C=O) groups is 1. The molecule has 6 heteroatoms. The highest BCUT2D eigenvalue weighted by Gasteiger charge is 2.29. The lowest BCUT2D eigenvalue weighted by atomic mass is 9.80. The highest BCUT2D eigenvalue weighted by Crippen LogP contribution is 2.34. The molecule has 5 N–H and O–H groups in total. The monoisotopic (exact) mass is 339 g/mol. The minimum Gasteiger partial charge on any atom is -0.444 e. The van der Waals surface area contributed by atoms with Gasteiger partial charge in [-0.05, 0) is 70.1 Å². The molecule has 2 rings (SSSR count). The highest BCUT2D eigenvalue weighted by molar-refractivity contribution is 6.31. The smallest absolute Gasteiger partial charge is 0.405 e. The number of nitrogen functional groups attached to an aromatic ring is 1. The quantitative estimate of drug-likeness (QED) is 0.702. The van der Waals surface area contributed by atoms with Gasteiger partial charge in [-0.1, -0.05) is 11.6 Å². The number of anilines is 2. The van der Waals surface area contributed by atoms with Crippen LogP contribution in [0.15, 0.2) is 18.2 Å². The third kappa shape index (κ3) is 5.50. The lowest BCUT2D eigenvalue weighted by molar-refractivity contribution is 0.0216. The van der Waals surface area contributed by atoms with Crippen LogP contribution in [0.1, 0.15) is 46.0 Å². The zero-order valence-electron chi connectivity index (χ0n) is 13.8. The van der Waals surface area contributed by atoms with Crippen LogP contribution < -0.4 is 16.8 Å². The van der Waals surface area contributed by atoms with E-state index in [0.29, 0.717) is 22.7 Å². The summed E-state index contributed by atoms with van der Waals surface area (Å²) >= 11 is 5.92. The zero-order chi connectivity index (χ0) is 17.0. The summed E-state index contributed by atoms with van der Waals surface area (Å²) in [5, 5.41) is 4.15. The molecule has 1 aliphatic rings. The summed E-state index contributed by atoms with van der Waals surface area (Å²) in [7, 11) is 0. The molecule has 1 amide bonds. The van der Waals surface area contributed by atoms with Crippen LogP contribution in [0.3, 0.4) is 0 Å². The van der Waals surface area contributed by atoms with E-state index in [1.165, 1.54) is 0 Å². The molecule has 1 fully saturated rings. The molecular weight excluding hydrogens is 314 g/mol. The Balaban J connectivity index is 1.83. The second-order valence-corrected chi connectivity index (χ2v) is 7.41. The van der Waals surface area contributed by atoms with Gasteiger partial charge in [-0.25, -0.2) is 4.79 Å². The van der Waals surface area contributed by atoms with E-state index in [4.69, 9.17) is 27.8 Å². The maximum Gasteiger partial charge on any atom is 0.405 e. The Labute approximate surface area is 142 Å². The molecule has 1 saturated carbocycles. The Bertz CT molecular complexity index is 555. The first-order valence-electron chi connectivity index (χ1n) is 8.05. The van der Waals surface area contributed by atoms with E-state index in [1.54, 1.807) is 6.07 Å². The van der Waals surface area contributed by atoms with Crippen molar-refractivity contribution < 1.29 is 9.53 Å². The van der Waals surface area contributed by atoms with Gasteiger partial charge in [-0.3, -0.25) is 0 Å². The standard InChI is InChI=1S/C17H26ClN3O2/c1-17(2,23-16(20)22)10-11-3-6-13(7-4-11)21-15-8-5-12(18)9-14(15)19/h5,8-9,11,13,21H,3-4,6-7,10,19H2,1-2H3,(H2,20,22). The number of carbonyl (C=O) groups excluding carboxylic acids is 1. The van der Waals surface area contributed by atoms with E-state index >= 15 is 0 Å². The van der Waals surface area contributed by atoms with E-state index in [2.05, 4.69) is 5.32 Å². The van der Waals surface area contributed by atoms with Crippen LogP contribution in [0, 0.1) is 5.92 Å². The maximum absolute atomic E-state index is 10.9. The Hall–Kier alpha value is -1.62. The van der Waals surface area contributed by atoms with Gasteiger partial charge in [0.2, 0.25) is 0 Å². The van der Waals surface area contributed by atoms with Crippen molar-refractivity contribution in [3.8, 4) is 0 Å². The minimum absolute atomic E-state index is 0.412. The third-order valence-corrected chi connectivity index (χ3v) is 4.61. The Morgan fingerprint density at radius 1 is 1.35 bits per heavy atom. The summed E-state index contributed by atoms with van der Waals surface area (Å²) in [6, 6.07) is 5.94. The van der Waals surface area contributed by atoms with Gasteiger partial charge in [0.05, 0.1) is 11.4 Å². The first-order valence-corrected chi connectivity index (χ1v) is 8.43. The predicted octanol–water partition coefficient (Wildman–Crippen LogP) is 4.16. The van der Waals surface area contributed by atoms with Gasteiger partial charge in [-0.2, -0.15) is 0 Å². The molecule has 23 heavy (non-hydrogen) atoms. The first kappa shape index (κ1) is 17.7. The van der Waals surface area contributed by atoms with Gasteiger partial charge in [0, 0.05) is 11.1 Å². The summed E-state index contributed by atoms with van der Waals surface area (Å²) in [6.07, 6.45) is 4.46. The van der Waals surface area contributed by atoms with Gasteiger partial charge < -0.3 is 21.5 Å². The van der Waals surface area contributed by atoms with Gasteiger partial charge in [0.25, 0.3) is 0 Å². The van der Waals surface area contributed by atoms with Gasteiger partial charge in [-0.15, -0.1) is 0 Å². The van der Waals surface area contributed by atoms with Gasteiger partial charge in [0.1, 0.15) is 5.60 Å². The highest BCUT2D eigenvalue weighted by atomic mass is 35.5. The number of nitrogens with two attached hydrogens (primary N) is 2. The fourth-order valence-electron chi connectivity index (χ4n) is 3.41. The normalized spacial score (nSPS) is 21.7. The van der Waals surface area contributed by atoms with E-state index in [0.717, 1.165) is 37.8 Å². The van der Waals surface area contributed by atoms with Crippen molar-refractivity contribution in [1.82, 2.24) is 0 Å². The number of hydrogen-bond donors (Lipinski definition) is 3. The van der Waals surface area contributed by atoms with Crippen molar-refractivity contribution in [3.63, 3.8) is 0 Å². The van der Waals surface area contributed by atoms with Crippen molar-refractivity contribution >= 4 is 29.1 Å². The molecule has 0 aromatic heterocycles. The van der Waals surface area contributed by atoms with Crippen molar-refractivity contribution in [3.05, 3.63) is 23.2 Å². The largest absolute Gasteiger partial charge is 0.444 e. The minimum atomic E-state index is -0.705. The number of halogens is 1. The van der Waals surface area contributed by atoms with Crippen molar-refractivity contribution in [1.29, 1.82) is 0 Å². The van der Waals surface area contributed by atoms with Crippen LogP contribution in [0.25, 0.3) is 0 Å². The van der Waals surface area contributed by atoms with E-state index in [-0.39, 0.29) is 0 Å². The number of rotatable bonds is 5. The van der Waals surface area contributed by atoms with E-state index < -0.39 is 11.7 Å². The molecule has 0 spiro atoms. The van der Waals surface area contributed by atoms with E-state index in [9.17, 15) is 4.79 Å². The summed E-state index contributed by atoms with van der Waals surface area (Å²) < 4.78 is 5.18. The van der Waals surface area contributed by atoms with Gasteiger partial charge >= 0.3 is 6.09 Å². The predicted molar refractivity (Wildman–Crippen MR) is 94.6 cm³/mol. The van der Waals surface area contributed by atoms with Crippen LogP contribution in [0.2, 0.25) is 5.02 Å². The summed E-state index contributed by atoms with van der Waals surface area (Å²) in [4.78, 5) is 10.9. The molecule has 0 radical (unpaired) electrons. The van der Waals surface area contributed by atoms with Crippen LogP contribution in [-0.2, 0) is 4.74 Å². The SMILES string of the molecule is CC(C)(CC1CCC(Nc2ccc(Cl)cc2N)CC1)OC(N)=O. The van der Waals surface area contributed by atoms with Crippen LogP contribution in [-0.4, -0.2) is 17.7 Å². The maximum atomic E-state index is 10.9. The summed E-state index contributed by atoms with van der Waals surface area (Å²) in [5.74, 6) is 0.546. The first-order chi connectivity index (χ1) is 10.7. The lowest BCUT2D eigenvalue weighted by Gasteiger charge is -2.34. The van der Waals surface area contributed by atoms with Crippen molar-refractivity contribution in [2.24, 2.45) is 11.7 Å².